The van der Waals surface area contributed by atoms with Crippen LogP contribution in [0.5, 0.6) is 0 Å². The maximum absolute atomic E-state index is 11.6. The van der Waals surface area contributed by atoms with Gasteiger partial charge in [0.25, 0.3) is 0 Å². The van der Waals surface area contributed by atoms with Crippen molar-refractivity contribution in [3.05, 3.63) is 29.3 Å². The van der Waals surface area contributed by atoms with E-state index in [1.54, 1.807) is 11.8 Å². The van der Waals surface area contributed by atoms with Crippen molar-refractivity contribution in [3.8, 4) is 0 Å². The lowest BCUT2D eigenvalue weighted by Crippen LogP contribution is -2.08. The highest BCUT2D eigenvalue weighted by molar-refractivity contribution is 7.99. The highest BCUT2D eigenvalue weighted by Gasteiger charge is 2.18. The zero-order chi connectivity index (χ0) is 10.1. The first-order valence-electron chi connectivity index (χ1n) is 4.98. The zero-order valence-corrected chi connectivity index (χ0v) is 9.36. The summed E-state index contributed by atoms with van der Waals surface area (Å²) in [5, 5.41) is 0. The minimum atomic E-state index is 0.307. The van der Waals surface area contributed by atoms with Crippen LogP contribution in [0.1, 0.15) is 42.1 Å². The highest BCUT2D eigenvalue weighted by atomic mass is 32.2. The van der Waals surface area contributed by atoms with Gasteiger partial charge in [-0.1, -0.05) is 19.9 Å². The van der Waals surface area contributed by atoms with Gasteiger partial charge in [-0.25, -0.2) is 0 Å². The fourth-order valence-corrected chi connectivity index (χ4v) is 2.64. The molecule has 0 saturated carbocycles. The molecule has 1 heterocycles. The number of thioether (sulfide) groups is 1. The summed E-state index contributed by atoms with van der Waals surface area (Å²) in [6.45, 7) is 4.31. The van der Waals surface area contributed by atoms with E-state index in [2.05, 4.69) is 32.0 Å². The number of carbonyl (C=O) groups excluding carboxylic acids is 1. The van der Waals surface area contributed by atoms with E-state index in [-0.39, 0.29) is 0 Å². The Morgan fingerprint density at radius 1 is 1.36 bits per heavy atom. The van der Waals surface area contributed by atoms with Gasteiger partial charge in [0.1, 0.15) is 0 Å². The van der Waals surface area contributed by atoms with Crippen LogP contribution in [0.4, 0.5) is 0 Å². The summed E-state index contributed by atoms with van der Waals surface area (Å²) < 4.78 is 0. The third-order valence-electron chi connectivity index (χ3n) is 2.56. The number of carbonyl (C=O) groups is 1. The van der Waals surface area contributed by atoms with Crippen LogP contribution in [0.15, 0.2) is 23.1 Å². The van der Waals surface area contributed by atoms with E-state index < -0.39 is 0 Å². The van der Waals surface area contributed by atoms with Crippen LogP contribution in [0.25, 0.3) is 0 Å². The van der Waals surface area contributed by atoms with Gasteiger partial charge in [-0.2, -0.15) is 0 Å². The molecule has 74 valence electrons. The number of ketones is 1. The summed E-state index contributed by atoms with van der Waals surface area (Å²) >= 11 is 1.79. The molecule has 0 aliphatic carbocycles. The summed E-state index contributed by atoms with van der Waals surface area (Å²) in [6.07, 6.45) is 0.694. The molecule has 2 heteroatoms. The lowest BCUT2D eigenvalue weighted by atomic mass is 9.98. The van der Waals surface area contributed by atoms with Gasteiger partial charge in [0.2, 0.25) is 0 Å². The molecule has 1 aliphatic heterocycles. The maximum atomic E-state index is 11.6. The monoisotopic (exact) mass is 206 g/mol. The van der Waals surface area contributed by atoms with Gasteiger partial charge in [-0.15, -0.1) is 11.8 Å². The molecule has 1 aromatic carbocycles. The Balaban J connectivity index is 2.46. The molecule has 0 radical (unpaired) electrons. The summed E-state index contributed by atoms with van der Waals surface area (Å²) in [4.78, 5) is 12.8. The summed E-state index contributed by atoms with van der Waals surface area (Å²) in [5.74, 6) is 1.74. The van der Waals surface area contributed by atoms with Crippen molar-refractivity contribution >= 4 is 17.5 Å². The van der Waals surface area contributed by atoms with Crippen molar-refractivity contribution in [2.45, 2.75) is 31.1 Å². The van der Waals surface area contributed by atoms with Gasteiger partial charge in [0, 0.05) is 22.6 Å². The van der Waals surface area contributed by atoms with Crippen LogP contribution in [0.2, 0.25) is 0 Å². The Morgan fingerprint density at radius 3 is 2.86 bits per heavy atom. The highest BCUT2D eigenvalue weighted by Crippen LogP contribution is 2.31. The number of rotatable bonds is 1. The van der Waals surface area contributed by atoms with Crippen LogP contribution in [-0.4, -0.2) is 11.5 Å². The molecular formula is C12H14OS. The fraction of sp³-hybridized carbons (Fsp3) is 0.417. The van der Waals surface area contributed by atoms with Crippen LogP contribution in [-0.2, 0) is 0 Å². The lowest BCUT2D eigenvalue weighted by Gasteiger charge is -2.16. The molecule has 2 rings (SSSR count). The molecule has 0 amide bonds. The Morgan fingerprint density at radius 2 is 2.14 bits per heavy atom. The molecule has 1 aliphatic rings. The summed E-state index contributed by atoms with van der Waals surface area (Å²) in [5.41, 5.74) is 2.20. The quantitative estimate of drug-likeness (QED) is 0.699. The minimum absolute atomic E-state index is 0.307. The predicted molar refractivity (Wildman–Crippen MR) is 60.2 cm³/mol. The van der Waals surface area contributed by atoms with Crippen LogP contribution < -0.4 is 0 Å². The Labute approximate surface area is 88.9 Å². The van der Waals surface area contributed by atoms with Crippen LogP contribution >= 0.6 is 11.8 Å². The molecule has 1 nitrogen and oxygen atoms in total. The van der Waals surface area contributed by atoms with Crippen molar-refractivity contribution in [2.24, 2.45) is 0 Å². The van der Waals surface area contributed by atoms with Gasteiger partial charge < -0.3 is 0 Å². The second kappa shape index (κ2) is 3.77. The zero-order valence-electron chi connectivity index (χ0n) is 8.54. The van der Waals surface area contributed by atoms with Crippen LogP contribution in [0, 0.1) is 0 Å². The Bertz CT molecular complexity index is 369. The molecule has 0 N–H and O–H groups in total. The smallest absolute Gasteiger partial charge is 0.164 e. The Hall–Kier alpha value is -0.760. The van der Waals surface area contributed by atoms with Gasteiger partial charge in [-0.3, -0.25) is 4.79 Å². The molecule has 0 spiro atoms. The second-order valence-corrected chi connectivity index (χ2v) is 5.07. The maximum Gasteiger partial charge on any atom is 0.164 e. The molecule has 0 saturated heterocycles. The molecule has 0 atom stereocenters. The third kappa shape index (κ3) is 1.71. The van der Waals surface area contributed by atoms with Crippen molar-refractivity contribution < 1.29 is 4.79 Å². The second-order valence-electron chi connectivity index (χ2n) is 3.93. The molecule has 0 unspecified atom stereocenters. The summed E-state index contributed by atoms with van der Waals surface area (Å²) in [7, 11) is 0. The molecular weight excluding hydrogens is 192 g/mol. The van der Waals surface area contributed by atoms with Crippen molar-refractivity contribution in [2.75, 3.05) is 5.75 Å². The van der Waals surface area contributed by atoms with E-state index in [1.807, 2.05) is 0 Å². The van der Waals surface area contributed by atoms with E-state index in [9.17, 15) is 4.79 Å². The van der Waals surface area contributed by atoms with Crippen molar-refractivity contribution in [3.63, 3.8) is 0 Å². The average Bonchev–Trinajstić information content (AvgIpc) is 2.18. The van der Waals surface area contributed by atoms with Crippen molar-refractivity contribution in [1.82, 2.24) is 0 Å². The number of hydrogen-bond acceptors (Lipinski definition) is 2. The number of hydrogen-bond donors (Lipinski definition) is 0. The lowest BCUT2D eigenvalue weighted by molar-refractivity contribution is 0.0984. The molecule has 14 heavy (non-hydrogen) atoms. The largest absolute Gasteiger partial charge is 0.294 e. The molecule has 1 aromatic rings. The Kier molecular flexibility index (Phi) is 2.64. The number of benzene rings is 1. The first-order chi connectivity index (χ1) is 6.68. The van der Waals surface area contributed by atoms with Gasteiger partial charge in [0.05, 0.1) is 0 Å². The standard InChI is InChI=1S/C12H14OS/c1-8(2)9-3-4-12-10(7-9)11(13)5-6-14-12/h3-4,7-8H,5-6H2,1-2H3. The molecule has 0 fully saturated rings. The average molecular weight is 206 g/mol. The first-order valence-corrected chi connectivity index (χ1v) is 5.97. The number of Topliss-reactive ketones (excluding diaryl/α,β-unsaturated/α-hetero) is 1. The SMILES string of the molecule is CC(C)c1ccc2c(c1)C(=O)CCS2. The topological polar surface area (TPSA) is 17.1 Å². The normalized spacial score (nSPS) is 15.8. The van der Waals surface area contributed by atoms with Gasteiger partial charge >= 0.3 is 0 Å². The van der Waals surface area contributed by atoms with Crippen LogP contribution in [0.3, 0.4) is 0 Å². The van der Waals surface area contributed by atoms with Gasteiger partial charge in [0.15, 0.2) is 5.78 Å². The van der Waals surface area contributed by atoms with E-state index in [4.69, 9.17) is 0 Å². The predicted octanol–water partition coefficient (Wildman–Crippen LogP) is 3.49. The molecule has 0 aromatic heterocycles. The number of fused-ring (bicyclic) bond motifs is 1. The van der Waals surface area contributed by atoms with Gasteiger partial charge in [-0.05, 0) is 23.6 Å². The van der Waals surface area contributed by atoms with E-state index in [0.29, 0.717) is 18.1 Å². The van der Waals surface area contributed by atoms with E-state index >= 15 is 0 Å². The van der Waals surface area contributed by atoms with E-state index in [1.165, 1.54) is 5.56 Å². The van der Waals surface area contributed by atoms with E-state index in [0.717, 1.165) is 16.2 Å². The fourth-order valence-electron chi connectivity index (χ4n) is 1.64. The first kappa shape index (κ1) is 9.78. The summed E-state index contributed by atoms with van der Waals surface area (Å²) in [6, 6.07) is 6.29. The third-order valence-corrected chi connectivity index (χ3v) is 3.63. The minimum Gasteiger partial charge on any atom is -0.294 e. The van der Waals surface area contributed by atoms with Crippen molar-refractivity contribution in [1.29, 1.82) is 0 Å². The molecule has 0 bridgehead atoms.